The highest BCUT2D eigenvalue weighted by molar-refractivity contribution is 5.36. The Kier molecular flexibility index (Phi) is 2.15. The van der Waals surface area contributed by atoms with Crippen molar-refractivity contribution < 1.29 is 4.92 Å². The number of rotatable bonds is 2. The Hall–Kier alpha value is -1.45. The normalized spacial score (nSPS) is 9.55. The molecule has 0 aliphatic rings. The number of aryl methyl sites for hydroxylation is 1. The molecule has 1 heterocycles. The first-order valence-electron chi connectivity index (χ1n) is 3.33. The van der Waals surface area contributed by atoms with E-state index in [0.29, 0.717) is 6.42 Å². The van der Waals surface area contributed by atoms with Gasteiger partial charge in [0.1, 0.15) is 6.20 Å². The molecule has 0 radical (unpaired) electrons. The monoisotopic (exact) mass is 152 g/mol. The van der Waals surface area contributed by atoms with Gasteiger partial charge >= 0.3 is 0 Å². The van der Waals surface area contributed by atoms with Crippen LogP contribution in [0.5, 0.6) is 0 Å². The summed E-state index contributed by atoms with van der Waals surface area (Å²) in [4.78, 5) is 13.6. The lowest BCUT2D eigenvalue weighted by Gasteiger charge is -1.95. The summed E-state index contributed by atoms with van der Waals surface area (Å²) < 4.78 is 0. The molecule has 58 valence electrons. The lowest BCUT2D eigenvalue weighted by atomic mass is 10.2. The minimum absolute atomic E-state index is 0.106. The largest absolute Gasteiger partial charge is 0.290 e. The van der Waals surface area contributed by atoms with Gasteiger partial charge in [0.05, 0.1) is 4.92 Å². The molecule has 0 fully saturated rings. The van der Waals surface area contributed by atoms with Gasteiger partial charge < -0.3 is 0 Å². The lowest BCUT2D eigenvalue weighted by Crippen LogP contribution is -1.94. The quantitative estimate of drug-likeness (QED) is 0.477. The fourth-order valence-corrected chi connectivity index (χ4v) is 0.878. The minimum atomic E-state index is -0.411. The summed E-state index contributed by atoms with van der Waals surface area (Å²) in [6, 6.07) is 1.66. The van der Waals surface area contributed by atoms with Gasteiger partial charge in [-0.1, -0.05) is 6.92 Å². The van der Waals surface area contributed by atoms with Crippen LogP contribution in [0.15, 0.2) is 18.5 Å². The number of nitrogens with zero attached hydrogens (tertiary/aromatic N) is 2. The molecule has 0 aromatic carbocycles. The Bertz CT molecular complexity index is 273. The second-order valence-corrected chi connectivity index (χ2v) is 2.12. The van der Waals surface area contributed by atoms with Crippen LogP contribution in [0.1, 0.15) is 12.5 Å². The van der Waals surface area contributed by atoms with Crippen molar-refractivity contribution >= 4 is 5.69 Å². The van der Waals surface area contributed by atoms with Gasteiger partial charge in [-0.15, -0.1) is 0 Å². The number of pyridine rings is 1. The summed E-state index contributed by atoms with van der Waals surface area (Å²) in [6.45, 7) is 1.88. The van der Waals surface area contributed by atoms with Crippen LogP contribution < -0.4 is 0 Å². The van der Waals surface area contributed by atoms with Gasteiger partial charge in [-0.3, -0.25) is 15.1 Å². The van der Waals surface area contributed by atoms with Crippen LogP contribution in [-0.2, 0) is 6.42 Å². The molecule has 1 aromatic heterocycles. The van der Waals surface area contributed by atoms with E-state index in [-0.39, 0.29) is 5.69 Å². The summed E-state index contributed by atoms with van der Waals surface area (Å²) in [5.74, 6) is 0. The van der Waals surface area contributed by atoms with E-state index in [1.54, 1.807) is 12.3 Å². The van der Waals surface area contributed by atoms with Crippen molar-refractivity contribution in [3.05, 3.63) is 34.1 Å². The number of nitro groups is 1. The third-order valence-corrected chi connectivity index (χ3v) is 1.47. The molecule has 4 heteroatoms. The topological polar surface area (TPSA) is 56.0 Å². The lowest BCUT2D eigenvalue weighted by molar-refractivity contribution is -0.385. The molecule has 0 saturated carbocycles. The molecule has 0 amide bonds. The Morgan fingerprint density at radius 2 is 2.45 bits per heavy atom. The highest BCUT2D eigenvalue weighted by Gasteiger charge is 2.09. The van der Waals surface area contributed by atoms with Crippen molar-refractivity contribution in [1.29, 1.82) is 0 Å². The summed E-state index contributed by atoms with van der Waals surface area (Å²) >= 11 is 0. The van der Waals surface area contributed by atoms with E-state index < -0.39 is 4.92 Å². The van der Waals surface area contributed by atoms with Gasteiger partial charge in [0.25, 0.3) is 5.69 Å². The Morgan fingerprint density at radius 1 is 1.73 bits per heavy atom. The highest BCUT2D eigenvalue weighted by Crippen LogP contribution is 2.15. The number of hydrogen-bond donors (Lipinski definition) is 0. The molecule has 11 heavy (non-hydrogen) atoms. The van der Waals surface area contributed by atoms with Gasteiger partial charge in [-0.05, 0) is 12.5 Å². The van der Waals surface area contributed by atoms with Gasteiger partial charge in [-0.25, -0.2) is 0 Å². The first-order chi connectivity index (χ1) is 5.25. The minimum Gasteiger partial charge on any atom is -0.258 e. The third kappa shape index (κ3) is 1.52. The molecule has 0 atom stereocenters. The summed E-state index contributed by atoms with van der Waals surface area (Å²) in [6.07, 6.45) is 3.50. The molecular weight excluding hydrogens is 144 g/mol. The Morgan fingerprint density at radius 3 is 2.91 bits per heavy atom. The third-order valence-electron chi connectivity index (χ3n) is 1.47. The molecule has 0 N–H and O–H groups in total. The predicted molar refractivity (Wildman–Crippen MR) is 40.3 cm³/mol. The number of hydrogen-bond acceptors (Lipinski definition) is 3. The molecule has 0 spiro atoms. The molecule has 0 bridgehead atoms. The zero-order chi connectivity index (χ0) is 8.27. The molecule has 0 aliphatic heterocycles. The fraction of sp³-hybridized carbons (Fsp3) is 0.286. The van der Waals surface area contributed by atoms with Gasteiger partial charge in [0.15, 0.2) is 0 Å². The van der Waals surface area contributed by atoms with Crippen LogP contribution >= 0.6 is 0 Å². The van der Waals surface area contributed by atoms with Crippen molar-refractivity contribution in [2.45, 2.75) is 13.3 Å². The molecule has 4 nitrogen and oxygen atoms in total. The fourth-order valence-electron chi connectivity index (χ4n) is 0.878. The van der Waals surface area contributed by atoms with Crippen LogP contribution in [0.25, 0.3) is 0 Å². The maximum Gasteiger partial charge on any atom is 0.290 e. The van der Waals surface area contributed by atoms with E-state index in [1.807, 2.05) is 6.92 Å². The molecule has 0 saturated heterocycles. The number of aromatic nitrogens is 1. The smallest absolute Gasteiger partial charge is 0.258 e. The van der Waals surface area contributed by atoms with Crippen molar-refractivity contribution in [1.82, 2.24) is 4.98 Å². The van der Waals surface area contributed by atoms with Gasteiger partial charge in [-0.2, -0.15) is 0 Å². The average molecular weight is 152 g/mol. The molecule has 1 aromatic rings. The van der Waals surface area contributed by atoms with Crippen molar-refractivity contribution in [3.63, 3.8) is 0 Å². The van der Waals surface area contributed by atoms with Crippen LogP contribution in [0, 0.1) is 10.1 Å². The van der Waals surface area contributed by atoms with Crippen LogP contribution in [-0.4, -0.2) is 9.91 Å². The first kappa shape index (κ1) is 7.65. The Balaban J connectivity index is 3.12. The maximum atomic E-state index is 10.3. The van der Waals surface area contributed by atoms with Crippen molar-refractivity contribution in [2.75, 3.05) is 0 Å². The van der Waals surface area contributed by atoms with E-state index in [2.05, 4.69) is 4.98 Å². The molecule has 0 unspecified atom stereocenters. The first-order valence-corrected chi connectivity index (χ1v) is 3.33. The second kappa shape index (κ2) is 3.09. The maximum absolute atomic E-state index is 10.3. The van der Waals surface area contributed by atoms with E-state index in [1.165, 1.54) is 6.20 Å². The van der Waals surface area contributed by atoms with E-state index in [4.69, 9.17) is 0 Å². The van der Waals surface area contributed by atoms with Crippen LogP contribution in [0.2, 0.25) is 0 Å². The van der Waals surface area contributed by atoms with Gasteiger partial charge in [0, 0.05) is 11.8 Å². The van der Waals surface area contributed by atoms with E-state index >= 15 is 0 Å². The van der Waals surface area contributed by atoms with Crippen molar-refractivity contribution in [3.8, 4) is 0 Å². The predicted octanol–water partition coefficient (Wildman–Crippen LogP) is 1.55. The summed E-state index contributed by atoms with van der Waals surface area (Å²) in [5, 5.41) is 10.3. The van der Waals surface area contributed by atoms with E-state index in [9.17, 15) is 10.1 Å². The zero-order valence-electron chi connectivity index (χ0n) is 6.15. The van der Waals surface area contributed by atoms with E-state index in [0.717, 1.165) is 5.56 Å². The summed E-state index contributed by atoms with van der Waals surface area (Å²) in [5.41, 5.74) is 0.833. The van der Waals surface area contributed by atoms with Gasteiger partial charge in [0.2, 0.25) is 0 Å². The standard InChI is InChI=1S/C7H8N2O2/c1-2-6-3-4-8-5-7(6)9(10)11/h3-5H,2H2,1H3. The second-order valence-electron chi connectivity index (χ2n) is 2.12. The Labute approximate surface area is 64.0 Å². The van der Waals surface area contributed by atoms with Crippen LogP contribution in [0.4, 0.5) is 5.69 Å². The van der Waals surface area contributed by atoms with Crippen LogP contribution in [0.3, 0.4) is 0 Å². The molecule has 1 rings (SSSR count). The molecule has 0 aliphatic carbocycles. The highest BCUT2D eigenvalue weighted by atomic mass is 16.6. The van der Waals surface area contributed by atoms with Crippen molar-refractivity contribution in [2.24, 2.45) is 0 Å². The summed E-state index contributed by atoms with van der Waals surface area (Å²) in [7, 11) is 0. The SMILES string of the molecule is CCc1ccncc1[N+](=O)[O-]. The molecular formula is C7H8N2O2. The average Bonchev–Trinajstić information content (AvgIpc) is 2.04. The zero-order valence-corrected chi connectivity index (χ0v) is 6.15.